The molecule has 1 unspecified atom stereocenters. The van der Waals surface area contributed by atoms with Crippen LogP contribution < -0.4 is 10.6 Å². The summed E-state index contributed by atoms with van der Waals surface area (Å²) in [6.45, 7) is 1.79. The number of imide groups is 1. The van der Waals surface area contributed by atoms with Gasteiger partial charge >= 0.3 is 6.03 Å². The molecule has 7 nitrogen and oxygen atoms in total. The van der Waals surface area contributed by atoms with Crippen LogP contribution in [-0.4, -0.2) is 39.8 Å². The molecular weight excluding hydrogens is 284 g/mol. The van der Waals surface area contributed by atoms with Gasteiger partial charge in [0.15, 0.2) is 0 Å². The summed E-state index contributed by atoms with van der Waals surface area (Å²) in [7, 11) is 0. The Hall–Kier alpha value is -2.44. The van der Waals surface area contributed by atoms with E-state index in [-0.39, 0.29) is 24.3 Å². The lowest BCUT2D eigenvalue weighted by atomic mass is 9.96. The molecule has 1 atom stereocenters. The quantitative estimate of drug-likeness (QED) is 0.771. The van der Waals surface area contributed by atoms with Gasteiger partial charge in [-0.2, -0.15) is 0 Å². The van der Waals surface area contributed by atoms with Gasteiger partial charge in [0, 0.05) is 18.9 Å². The van der Waals surface area contributed by atoms with E-state index in [1.807, 2.05) is 6.07 Å². The second-order valence-corrected chi connectivity index (χ2v) is 5.94. The molecule has 2 fully saturated rings. The number of amides is 4. The van der Waals surface area contributed by atoms with Crippen LogP contribution >= 0.6 is 0 Å². The molecule has 0 aromatic carbocycles. The summed E-state index contributed by atoms with van der Waals surface area (Å²) in [5.41, 5.74) is 0.0108. The van der Waals surface area contributed by atoms with Crippen LogP contribution in [0, 0.1) is 5.92 Å². The third-order valence-corrected chi connectivity index (χ3v) is 4.21. The maximum absolute atomic E-state index is 12.4. The molecule has 0 spiro atoms. The first kappa shape index (κ1) is 14.5. The monoisotopic (exact) mass is 302 g/mol. The molecule has 2 aliphatic rings. The molecule has 0 bridgehead atoms. The van der Waals surface area contributed by atoms with Crippen LogP contribution in [0.5, 0.6) is 0 Å². The number of hydrogen-bond acceptors (Lipinski definition) is 4. The fraction of sp³-hybridized carbons (Fsp3) is 0.467. The number of rotatable bonds is 5. The largest absolute Gasteiger partial charge is 0.350 e. The van der Waals surface area contributed by atoms with Crippen molar-refractivity contribution in [1.29, 1.82) is 0 Å². The van der Waals surface area contributed by atoms with E-state index in [2.05, 4.69) is 15.6 Å². The fourth-order valence-electron chi connectivity index (χ4n) is 2.70. The predicted octanol–water partition coefficient (Wildman–Crippen LogP) is 0.418. The zero-order chi connectivity index (χ0) is 15.7. The van der Waals surface area contributed by atoms with Gasteiger partial charge in [-0.05, 0) is 37.3 Å². The molecule has 1 aliphatic heterocycles. The Balaban J connectivity index is 1.57. The molecule has 1 aromatic heterocycles. The second-order valence-electron chi connectivity index (χ2n) is 5.94. The standard InChI is InChI=1S/C15H18N4O3/c1-15(11-4-5-11)13(21)19(14(22)18-15)9-12(20)17-8-10-3-2-6-16-7-10/h2-3,6-7,11H,4-5,8-9H2,1H3,(H,17,20)(H,18,22). The minimum absolute atomic E-state index is 0.187. The predicted molar refractivity (Wildman–Crippen MR) is 77.5 cm³/mol. The highest BCUT2D eigenvalue weighted by Gasteiger charge is 2.56. The van der Waals surface area contributed by atoms with Gasteiger partial charge in [-0.25, -0.2) is 4.79 Å². The summed E-state index contributed by atoms with van der Waals surface area (Å²) in [6, 6.07) is 3.13. The lowest BCUT2D eigenvalue weighted by Crippen LogP contribution is -2.46. The summed E-state index contributed by atoms with van der Waals surface area (Å²) in [5, 5.41) is 5.40. The topological polar surface area (TPSA) is 91.4 Å². The third-order valence-electron chi connectivity index (χ3n) is 4.21. The van der Waals surface area contributed by atoms with Gasteiger partial charge in [-0.1, -0.05) is 6.07 Å². The molecule has 3 rings (SSSR count). The Kier molecular flexibility index (Phi) is 3.56. The molecule has 2 N–H and O–H groups in total. The van der Waals surface area contributed by atoms with Crippen molar-refractivity contribution in [2.75, 3.05) is 6.54 Å². The number of nitrogens with one attached hydrogen (secondary N) is 2. The first-order valence-electron chi connectivity index (χ1n) is 7.30. The van der Waals surface area contributed by atoms with Crippen molar-refractivity contribution in [3.8, 4) is 0 Å². The van der Waals surface area contributed by atoms with Crippen LogP contribution in [0.2, 0.25) is 0 Å². The van der Waals surface area contributed by atoms with E-state index in [9.17, 15) is 14.4 Å². The highest BCUT2D eigenvalue weighted by Crippen LogP contribution is 2.42. The highest BCUT2D eigenvalue weighted by molar-refractivity contribution is 6.09. The molecule has 1 aromatic rings. The Morgan fingerprint density at radius 1 is 1.50 bits per heavy atom. The number of carbonyl (C=O) groups is 3. The number of aromatic nitrogens is 1. The first-order valence-corrected chi connectivity index (χ1v) is 7.30. The van der Waals surface area contributed by atoms with Crippen molar-refractivity contribution < 1.29 is 14.4 Å². The average Bonchev–Trinajstić information content (AvgIpc) is 3.33. The summed E-state index contributed by atoms with van der Waals surface area (Å²) < 4.78 is 0. The normalized spacial score (nSPS) is 24.3. The molecule has 2 heterocycles. The second kappa shape index (κ2) is 5.40. The van der Waals surface area contributed by atoms with E-state index < -0.39 is 11.6 Å². The van der Waals surface area contributed by atoms with E-state index >= 15 is 0 Å². The van der Waals surface area contributed by atoms with Crippen molar-refractivity contribution >= 4 is 17.8 Å². The molecule has 1 saturated carbocycles. The van der Waals surface area contributed by atoms with E-state index in [1.165, 1.54) is 0 Å². The molecule has 0 radical (unpaired) electrons. The van der Waals surface area contributed by atoms with Gasteiger partial charge in [-0.3, -0.25) is 19.5 Å². The van der Waals surface area contributed by atoms with Crippen LogP contribution in [0.15, 0.2) is 24.5 Å². The third kappa shape index (κ3) is 2.66. The molecule has 116 valence electrons. The van der Waals surface area contributed by atoms with Crippen molar-refractivity contribution in [1.82, 2.24) is 20.5 Å². The van der Waals surface area contributed by atoms with Crippen LogP contribution in [0.4, 0.5) is 4.79 Å². The van der Waals surface area contributed by atoms with Crippen LogP contribution in [0.25, 0.3) is 0 Å². The first-order chi connectivity index (χ1) is 10.5. The zero-order valence-corrected chi connectivity index (χ0v) is 12.3. The zero-order valence-electron chi connectivity index (χ0n) is 12.3. The number of pyridine rings is 1. The number of urea groups is 1. The van der Waals surface area contributed by atoms with Gasteiger partial charge in [0.05, 0.1) is 0 Å². The maximum Gasteiger partial charge on any atom is 0.325 e. The van der Waals surface area contributed by atoms with Crippen LogP contribution in [0.1, 0.15) is 25.3 Å². The molecule has 22 heavy (non-hydrogen) atoms. The fourth-order valence-corrected chi connectivity index (χ4v) is 2.70. The SMILES string of the molecule is CC1(C2CC2)NC(=O)N(CC(=O)NCc2cccnc2)C1=O. The summed E-state index contributed by atoms with van der Waals surface area (Å²) >= 11 is 0. The van der Waals surface area contributed by atoms with E-state index in [0.29, 0.717) is 6.54 Å². The van der Waals surface area contributed by atoms with Gasteiger partial charge in [0.1, 0.15) is 12.1 Å². The minimum Gasteiger partial charge on any atom is -0.350 e. The minimum atomic E-state index is -0.847. The summed E-state index contributed by atoms with van der Waals surface area (Å²) in [5.74, 6) is -0.490. The Bertz CT molecular complexity index is 614. The van der Waals surface area contributed by atoms with Crippen molar-refractivity contribution in [3.05, 3.63) is 30.1 Å². The lowest BCUT2D eigenvalue weighted by molar-refractivity contribution is -0.135. The Labute approximate surface area is 128 Å². The molecule has 1 aliphatic carbocycles. The number of hydrogen-bond donors (Lipinski definition) is 2. The van der Waals surface area contributed by atoms with Gasteiger partial charge in [-0.15, -0.1) is 0 Å². The molecule has 7 heteroatoms. The van der Waals surface area contributed by atoms with Gasteiger partial charge in [0.25, 0.3) is 5.91 Å². The van der Waals surface area contributed by atoms with Crippen LogP contribution in [-0.2, 0) is 16.1 Å². The average molecular weight is 302 g/mol. The maximum atomic E-state index is 12.4. The van der Waals surface area contributed by atoms with Gasteiger partial charge in [0.2, 0.25) is 5.91 Å². The van der Waals surface area contributed by atoms with Crippen molar-refractivity contribution in [2.45, 2.75) is 31.8 Å². The van der Waals surface area contributed by atoms with Crippen LogP contribution in [0.3, 0.4) is 0 Å². The Morgan fingerprint density at radius 3 is 2.91 bits per heavy atom. The molecule has 1 saturated heterocycles. The number of nitrogens with zero attached hydrogens (tertiary/aromatic N) is 2. The number of carbonyl (C=O) groups excluding carboxylic acids is 3. The van der Waals surface area contributed by atoms with E-state index in [1.54, 1.807) is 25.4 Å². The van der Waals surface area contributed by atoms with Gasteiger partial charge < -0.3 is 10.6 Å². The smallest absolute Gasteiger partial charge is 0.325 e. The molecular formula is C15H18N4O3. The highest BCUT2D eigenvalue weighted by atomic mass is 16.2. The van der Waals surface area contributed by atoms with E-state index in [0.717, 1.165) is 23.3 Å². The van der Waals surface area contributed by atoms with E-state index in [4.69, 9.17) is 0 Å². The van der Waals surface area contributed by atoms with Crippen molar-refractivity contribution in [3.63, 3.8) is 0 Å². The molecule has 4 amide bonds. The summed E-state index contributed by atoms with van der Waals surface area (Å²) in [4.78, 5) is 41.2. The summed E-state index contributed by atoms with van der Waals surface area (Å²) in [6.07, 6.45) is 5.17. The lowest BCUT2D eigenvalue weighted by Gasteiger charge is -2.20. The van der Waals surface area contributed by atoms with Crippen molar-refractivity contribution in [2.24, 2.45) is 5.92 Å². The Morgan fingerprint density at radius 2 is 2.27 bits per heavy atom.